The largest absolute Gasteiger partial charge is 0.452 e. The second-order valence-corrected chi connectivity index (χ2v) is 4.35. The zero-order valence-electron chi connectivity index (χ0n) is 6.89. The van der Waals surface area contributed by atoms with Crippen LogP contribution in [0.1, 0.15) is 0 Å². The van der Waals surface area contributed by atoms with Gasteiger partial charge in [-0.1, -0.05) is 5.92 Å². The van der Waals surface area contributed by atoms with E-state index in [9.17, 15) is 9.36 Å². The van der Waals surface area contributed by atoms with E-state index >= 15 is 0 Å². The molecule has 1 saturated heterocycles. The number of terminal acetylenes is 1. The fourth-order valence-electron chi connectivity index (χ4n) is 0.807. The predicted octanol–water partition coefficient (Wildman–Crippen LogP) is 0.403. The lowest BCUT2D eigenvalue weighted by Gasteiger charge is -2.07. The minimum Gasteiger partial charge on any atom is -0.452 e. The summed E-state index contributed by atoms with van der Waals surface area (Å²) in [5, 5.41) is 0. The van der Waals surface area contributed by atoms with Gasteiger partial charge in [0.1, 0.15) is 6.16 Å². The van der Waals surface area contributed by atoms with Gasteiger partial charge in [-0.05, 0) is 0 Å². The molecule has 0 N–H and O–H groups in total. The molecule has 72 valence electrons. The van der Waals surface area contributed by atoms with Crippen molar-refractivity contribution in [2.75, 3.05) is 26.0 Å². The fraction of sp³-hybridized carbons (Fsp3) is 0.571. The number of carbonyl (C=O) groups excluding carboxylic acids is 1. The topological polar surface area (TPSA) is 61.8 Å². The van der Waals surface area contributed by atoms with Gasteiger partial charge in [0, 0.05) is 0 Å². The highest BCUT2D eigenvalue weighted by Gasteiger charge is 2.33. The highest BCUT2D eigenvalue weighted by Crippen LogP contribution is 2.51. The van der Waals surface area contributed by atoms with Crippen LogP contribution in [0.25, 0.3) is 0 Å². The maximum absolute atomic E-state index is 11.4. The first-order valence-electron chi connectivity index (χ1n) is 3.63. The van der Waals surface area contributed by atoms with Gasteiger partial charge in [-0.15, -0.1) is 6.42 Å². The van der Waals surface area contributed by atoms with E-state index < -0.39 is 13.6 Å². The van der Waals surface area contributed by atoms with Crippen molar-refractivity contribution in [3.8, 4) is 12.3 Å². The Morgan fingerprint density at radius 3 is 2.69 bits per heavy atom. The number of ether oxygens (including phenoxy) is 1. The van der Waals surface area contributed by atoms with Gasteiger partial charge in [-0.2, -0.15) is 0 Å². The average molecular weight is 204 g/mol. The number of hydrogen-bond acceptors (Lipinski definition) is 5. The molecule has 0 saturated carbocycles. The van der Waals surface area contributed by atoms with E-state index in [1.165, 1.54) is 0 Å². The first kappa shape index (κ1) is 10.3. The van der Waals surface area contributed by atoms with Crippen molar-refractivity contribution in [2.24, 2.45) is 0 Å². The van der Waals surface area contributed by atoms with E-state index in [2.05, 4.69) is 10.7 Å². The normalized spacial score (nSPS) is 19.3. The molecule has 1 aliphatic heterocycles. The molecular formula is C7H9O5P. The molecule has 0 bridgehead atoms. The second-order valence-electron chi connectivity index (χ2n) is 2.30. The predicted molar refractivity (Wildman–Crippen MR) is 44.2 cm³/mol. The highest BCUT2D eigenvalue weighted by atomic mass is 31.2. The molecular weight excluding hydrogens is 195 g/mol. The van der Waals surface area contributed by atoms with Crippen molar-refractivity contribution in [3.05, 3.63) is 0 Å². The first-order valence-corrected chi connectivity index (χ1v) is 5.36. The summed E-state index contributed by atoms with van der Waals surface area (Å²) in [7, 11) is -3.21. The summed E-state index contributed by atoms with van der Waals surface area (Å²) >= 11 is 0. The van der Waals surface area contributed by atoms with E-state index in [1.807, 2.05) is 0 Å². The van der Waals surface area contributed by atoms with E-state index in [0.29, 0.717) is 0 Å². The second kappa shape index (κ2) is 4.43. The van der Waals surface area contributed by atoms with Gasteiger partial charge >= 0.3 is 13.6 Å². The molecule has 0 aromatic heterocycles. The molecule has 5 nitrogen and oxygen atoms in total. The highest BCUT2D eigenvalue weighted by molar-refractivity contribution is 7.55. The van der Waals surface area contributed by atoms with Crippen LogP contribution in [0.3, 0.4) is 0 Å². The molecule has 13 heavy (non-hydrogen) atoms. The Kier molecular flexibility index (Phi) is 3.49. The van der Waals surface area contributed by atoms with Crippen LogP contribution in [0.2, 0.25) is 0 Å². The van der Waals surface area contributed by atoms with E-state index in [4.69, 9.17) is 15.5 Å². The van der Waals surface area contributed by atoms with E-state index in [1.54, 1.807) is 0 Å². The third-order valence-electron chi connectivity index (χ3n) is 1.30. The van der Waals surface area contributed by atoms with Gasteiger partial charge in [0.05, 0.1) is 13.2 Å². The van der Waals surface area contributed by atoms with Gasteiger partial charge in [0.25, 0.3) is 0 Å². The Hall–Kier alpha value is -0.820. The van der Waals surface area contributed by atoms with Crippen LogP contribution in [0, 0.1) is 12.3 Å². The minimum atomic E-state index is -3.21. The van der Waals surface area contributed by atoms with E-state index in [0.717, 1.165) is 0 Å². The summed E-state index contributed by atoms with van der Waals surface area (Å²) in [5.41, 5.74) is 0. The molecule has 0 amide bonds. The smallest absolute Gasteiger partial charge is 0.341 e. The van der Waals surface area contributed by atoms with Crippen LogP contribution in [-0.2, 0) is 23.1 Å². The third-order valence-corrected chi connectivity index (χ3v) is 3.10. The van der Waals surface area contributed by atoms with Gasteiger partial charge in [0.2, 0.25) is 0 Å². The summed E-state index contributed by atoms with van der Waals surface area (Å²) < 4.78 is 25.4. The molecule has 1 aliphatic rings. The summed E-state index contributed by atoms with van der Waals surface area (Å²) in [6.07, 6.45) is 4.49. The fourth-order valence-corrected chi connectivity index (χ4v) is 2.18. The minimum absolute atomic E-state index is 0.126. The standard InChI is InChI=1S/C7H9O5P/c1-2-3-10-7(8)6-13(9)11-4-5-12-13/h1H,3-6H2. The maximum Gasteiger partial charge on any atom is 0.341 e. The van der Waals surface area contributed by atoms with Crippen molar-refractivity contribution in [2.45, 2.75) is 0 Å². The Bertz CT molecular complexity index is 269. The zero-order chi connectivity index (χ0) is 9.73. The molecule has 1 heterocycles. The van der Waals surface area contributed by atoms with Crippen molar-refractivity contribution < 1.29 is 23.1 Å². The molecule has 0 aliphatic carbocycles. The van der Waals surface area contributed by atoms with Crippen molar-refractivity contribution in [1.82, 2.24) is 0 Å². The maximum atomic E-state index is 11.4. The number of rotatable bonds is 3. The van der Waals surface area contributed by atoms with Gasteiger partial charge < -0.3 is 13.8 Å². The van der Waals surface area contributed by atoms with Crippen LogP contribution < -0.4 is 0 Å². The summed E-state index contributed by atoms with van der Waals surface area (Å²) in [5.74, 6) is 1.46. The molecule has 0 atom stereocenters. The molecule has 1 rings (SSSR count). The van der Waals surface area contributed by atoms with E-state index in [-0.39, 0.29) is 26.0 Å². The Balaban J connectivity index is 2.35. The van der Waals surface area contributed by atoms with Crippen molar-refractivity contribution >= 4 is 13.6 Å². The monoisotopic (exact) mass is 204 g/mol. The van der Waals surface area contributed by atoms with Crippen molar-refractivity contribution in [3.63, 3.8) is 0 Å². The molecule has 0 spiro atoms. The lowest BCUT2D eigenvalue weighted by molar-refractivity contribution is -0.139. The summed E-state index contributed by atoms with van der Waals surface area (Å²) in [6, 6.07) is 0. The van der Waals surface area contributed by atoms with Gasteiger partial charge in [0.15, 0.2) is 6.61 Å². The van der Waals surface area contributed by atoms with Crippen LogP contribution >= 0.6 is 7.60 Å². The molecule has 6 heteroatoms. The Morgan fingerprint density at radius 1 is 1.54 bits per heavy atom. The molecule has 1 fully saturated rings. The lowest BCUT2D eigenvalue weighted by Crippen LogP contribution is -2.10. The number of hydrogen-bond donors (Lipinski definition) is 0. The number of carbonyl (C=O) groups is 1. The van der Waals surface area contributed by atoms with Gasteiger partial charge in [-0.25, -0.2) is 0 Å². The number of esters is 1. The molecule has 0 aromatic rings. The van der Waals surface area contributed by atoms with Crippen molar-refractivity contribution in [1.29, 1.82) is 0 Å². The summed E-state index contributed by atoms with van der Waals surface area (Å²) in [6.45, 7) is 0.373. The third kappa shape index (κ3) is 3.19. The lowest BCUT2D eigenvalue weighted by atomic mass is 10.7. The average Bonchev–Trinajstić information content (AvgIpc) is 2.48. The molecule has 0 unspecified atom stereocenters. The first-order chi connectivity index (χ1) is 6.16. The SMILES string of the molecule is C#CCOC(=O)CP1(=O)OCCO1. The van der Waals surface area contributed by atoms with Crippen LogP contribution in [0.5, 0.6) is 0 Å². The molecule has 0 aromatic carbocycles. The molecule has 0 radical (unpaired) electrons. The quantitative estimate of drug-likeness (QED) is 0.378. The van der Waals surface area contributed by atoms with Crippen LogP contribution in [0.4, 0.5) is 0 Å². The zero-order valence-corrected chi connectivity index (χ0v) is 7.79. The van der Waals surface area contributed by atoms with Gasteiger partial charge in [-0.3, -0.25) is 9.36 Å². The Morgan fingerprint density at radius 2 is 2.15 bits per heavy atom. The Labute approximate surface area is 75.9 Å². The summed E-state index contributed by atoms with van der Waals surface area (Å²) in [4.78, 5) is 10.9. The van der Waals surface area contributed by atoms with Crippen LogP contribution in [-0.4, -0.2) is 32.0 Å². The van der Waals surface area contributed by atoms with Crippen LogP contribution in [0.15, 0.2) is 0 Å².